The number of hydrogen-bond acceptors (Lipinski definition) is 8. The van der Waals surface area contributed by atoms with Gasteiger partial charge in [0.05, 0.1) is 19.1 Å². The monoisotopic (exact) mass is 874 g/mol. The first-order chi connectivity index (χ1) is 30.1. The van der Waals surface area contributed by atoms with Crippen LogP contribution < -0.4 is 18.9 Å². The van der Waals surface area contributed by atoms with Crippen molar-refractivity contribution in [3.8, 4) is 56.4 Å². The highest BCUT2D eigenvalue weighted by Gasteiger charge is 2.19. The third-order valence-corrected chi connectivity index (χ3v) is 9.94. The lowest BCUT2D eigenvalue weighted by Gasteiger charge is -2.21. The lowest BCUT2D eigenvalue weighted by atomic mass is 9.96. The highest BCUT2D eigenvalue weighted by molar-refractivity contribution is 6.19. The van der Waals surface area contributed by atoms with E-state index in [1.165, 1.54) is 0 Å². The SMILES string of the molecule is C=COC(=O)CCCl.Cc1cc(-c2cc(C)c(OCC(COc3ccc(-c4ccccc4)cc3)OC(=O)CCCl)c(C)c2)cc(C)c1OCOc1ccc(-c2ccccc2)cc1. The van der Waals surface area contributed by atoms with Gasteiger partial charge < -0.3 is 28.4 Å². The molecule has 0 aromatic heterocycles. The van der Waals surface area contributed by atoms with Crippen LogP contribution in [-0.2, 0) is 19.1 Å². The number of benzene rings is 6. The standard InChI is InChI=1S/C47H45ClO6.C5H7ClO2/c1-32-25-40(41-27-34(3)47(35(4)28-41)53-31-52-43-21-17-39(18-22-43)37-13-9-6-10-14-37)26-33(2)46(32)51-30-44(54-45(49)23-24-48)29-50-42-19-15-38(16-20-42)36-11-7-5-8-12-36;1-2-8-5(7)3-4-6/h5-22,25-28,44H,23-24,29-31H2,1-4H3;2H,1,3-4H2. The quantitative estimate of drug-likeness (QED) is 0.0344. The molecule has 0 saturated carbocycles. The minimum absolute atomic E-state index is 0.101. The Morgan fingerprint density at radius 2 is 0.919 bits per heavy atom. The minimum Gasteiger partial charge on any atom is -0.490 e. The second-order valence-electron chi connectivity index (χ2n) is 14.3. The second kappa shape index (κ2) is 24.3. The Morgan fingerprint density at radius 1 is 0.516 bits per heavy atom. The van der Waals surface area contributed by atoms with Gasteiger partial charge in [0.15, 0.2) is 6.10 Å². The van der Waals surface area contributed by atoms with Gasteiger partial charge in [-0.05, 0) is 132 Å². The molecule has 6 aromatic rings. The van der Waals surface area contributed by atoms with E-state index in [2.05, 4.69) is 59.8 Å². The van der Waals surface area contributed by atoms with Gasteiger partial charge in [-0.1, -0.05) is 91.5 Å². The van der Waals surface area contributed by atoms with Gasteiger partial charge in [0.2, 0.25) is 6.79 Å². The molecule has 6 aromatic carbocycles. The van der Waals surface area contributed by atoms with E-state index in [4.69, 9.17) is 46.9 Å². The molecule has 0 aliphatic rings. The van der Waals surface area contributed by atoms with Crippen molar-refractivity contribution in [3.05, 3.63) is 169 Å². The first-order valence-electron chi connectivity index (χ1n) is 20.2. The lowest BCUT2D eigenvalue weighted by Crippen LogP contribution is -2.31. The summed E-state index contributed by atoms with van der Waals surface area (Å²) in [6.45, 7) is 11.7. The zero-order valence-corrected chi connectivity index (χ0v) is 37.0. The van der Waals surface area contributed by atoms with E-state index < -0.39 is 12.1 Å². The fourth-order valence-corrected chi connectivity index (χ4v) is 6.94. The summed E-state index contributed by atoms with van der Waals surface area (Å²) in [5, 5.41) is 0. The Hall–Kier alpha value is -6.22. The molecule has 10 heteroatoms. The molecule has 0 amide bonds. The van der Waals surface area contributed by atoms with Crippen molar-refractivity contribution in [2.24, 2.45) is 0 Å². The van der Waals surface area contributed by atoms with Gasteiger partial charge in [0, 0.05) is 11.8 Å². The van der Waals surface area contributed by atoms with Crippen LogP contribution in [0.5, 0.6) is 23.0 Å². The summed E-state index contributed by atoms with van der Waals surface area (Å²) in [5.41, 5.74) is 10.6. The molecule has 8 nitrogen and oxygen atoms in total. The van der Waals surface area contributed by atoms with Crippen molar-refractivity contribution in [2.75, 3.05) is 31.8 Å². The average molecular weight is 876 g/mol. The molecule has 0 spiro atoms. The summed E-state index contributed by atoms with van der Waals surface area (Å²) < 4.78 is 34.5. The Labute approximate surface area is 374 Å². The zero-order valence-electron chi connectivity index (χ0n) is 35.5. The van der Waals surface area contributed by atoms with E-state index in [1.54, 1.807) is 0 Å². The molecule has 0 fully saturated rings. The summed E-state index contributed by atoms with van der Waals surface area (Å²) in [4.78, 5) is 22.7. The van der Waals surface area contributed by atoms with E-state index in [0.717, 1.165) is 79.1 Å². The topological polar surface area (TPSA) is 89.5 Å². The van der Waals surface area contributed by atoms with E-state index in [0.29, 0.717) is 11.6 Å². The predicted molar refractivity (Wildman–Crippen MR) is 249 cm³/mol. The van der Waals surface area contributed by atoms with E-state index >= 15 is 0 Å². The molecule has 0 aliphatic carbocycles. The number of ether oxygens (including phenoxy) is 6. The number of aryl methyl sites for hydroxylation is 4. The molecule has 0 aliphatic heterocycles. The maximum absolute atomic E-state index is 12.4. The number of carbonyl (C=O) groups is 2. The molecular weight excluding hydrogens is 823 g/mol. The number of hydrogen-bond donors (Lipinski definition) is 0. The molecular formula is C52H52Cl2O8. The molecule has 62 heavy (non-hydrogen) atoms. The zero-order chi connectivity index (χ0) is 44.3. The molecule has 0 radical (unpaired) electrons. The number of rotatable bonds is 19. The maximum Gasteiger partial charge on any atom is 0.311 e. The van der Waals surface area contributed by atoms with Gasteiger partial charge in [-0.25, -0.2) is 0 Å². The van der Waals surface area contributed by atoms with Crippen molar-refractivity contribution >= 4 is 35.1 Å². The highest BCUT2D eigenvalue weighted by atomic mass is 35.5. The van der Waals surface area contributed by atoms with Crippen LogP contribution >= 0.6 is 23.2 Å². The molecule has 0 bridgehead atoms. The van der Waals surface area contributed by atoms with Gasteiger partial charge in [0.1, 0.15) is 36.2 Å². The summed E-state index contributed by atoms with van der Waals surface area (Å²) >= 11 is 11.0. The van der Waals surface area contributed by atoms with Gasteiger partial charge in [0.25, 0.3) is 0 Å². The van der Waals surface area contributed by atoms with Crippen LogP contribution in [0.15, 0.2) is 146 Å². The Morgan fingerprint density at radius 3 is 1.37 bits per heavy atom. The first kappa shape index (κ1) is 46.8. The van der Waals surface area contributed by atoms with Crippen LogP contribution in [0.4, 0.5) is 0 Å². The Bertz CT molecular complexity index is 2300. The molecule has 0 saturated heterocycles. The average Bonchev–Trinajstić information content (AvgIpc) is 3.27. The number of halogens is 2. The van der Waals surface area contributed by atoms with Gasteiger partial charge in [-0.15, -0.1) is 23.2 Å². The molecule has 6 rings (SSSR count). The van der Waals surface area contributed by atoms with Gasteiger partial charge in [-0.2, -0.15) is 0 Å². The fourth-order valence-electron chi connectivity index (χ4n) is 6.63. The minimum atomic E-state index is -0.636. The smallest absolute Gasteiger partial charge is 0.311 e. The third-order valence-electron chi connectivity index (χ3n) is 9.57. The fraction of sp³-hybridized carbons (Fsp3) is 0.231. The Kier molecular flexibility index (Phi) is 18.3. The van der Waals surface area contributed by atoms with Crippen molar-refractivity contribution in [3.63, 3.8) is 0 Å². The van der Waals surface area contributed by atoms with Crippen LogP contribution in [0, 0.1) is 27.7 Å². The van der Waals surface area contributed by atoms with Crippen LogP contribution in [0.25, 0.3) is 33.4 Å². The van der Waals surface area contributed by atoms with Crippen molar-refractivity contribution < 1.29 is 38.0 Å². The van der Waals surface area contributed by atoms with Crippen molar-refractivity contribution in [1.29, 1.82) is 0 Å². The molecule has 0 N–H and O–H groups in total. The van der Waals surface area contributed by atoms with E-state index in [-0.39, 0.29) is 44.7 Å². The van der Waals surface area contributed by atoms with Gasteiger partial charge in [-0.3, -0.25) is 9.59 Å². The summed E-state index contributed by atoms with van der Waals surface area (Å²) in [5.74, 6) is 2.71. The summed E-state index contributed by atoms with van der Waals surface area (Å²) in [6, 6.07) is 44.7. The highest BCUT2D eigenvalue weighted by Crippen LogP contribution is 2.35. The number of esters is 2. The Balaban J connectivity index is 0.000000826. The number of alkyl halides is 2. The van der Waals surface area contributed by atoms with Crippen LogP contribution in [0.2, 0.25) is 0 Å². The normalized spacial score (nSPS) is 11.0. The maximum atomic E-state index is 12.4. The van der Waals surface area contributed by atoms with Gasteiger partial charge >= 0.3 is 11.9 Å². The first-order valence-corrected chi connectivity index (χ1v) is 21.3. The largest absolute Gasteiger partial charge is 0.490 e. The summed E-state index contributed by atoms with van der Waals surface area (Å²) in [7, 11) is 0. The van der Waals surface area contributed by atoms with Crippen LogP contribution in [0.3, 0.4) is 0 Å². The molecule has 0 heterocycles. The van der Waals surface area contributed by atoms with E-state index in [1.807, 2.05) is 113 Å². The summed E-state index contributed by atoms with van der Waals surface area (Å²) in [6.07, 6.45) is 0.806. The number of carbonyl (C=O) groups excluding carboxylic acids is 2. The van der Waals surface area contributed by atoms with Crippen LogP contribution in [0.1, 0.15) is 35.1 Å². The molecule has 1 atom stereocenters. The van der Waals surface area contributed by atoms with E-state index in [9.17, 15) is 9.59 Å². The molecule has 1 unspecified atom stereocenters. The lowest BCUT2D eigenvalue weighted by molar-refractivity contribution is -0.151. The third kappa shape index (κ3) is 14.2. The van der Waals surface area contributed by atoms with Crippen LogP contribution in [-0.4, -0.2) is 49.8 Å². The predicted octanol–water partition coefficient (Wildman–Crippen LogP) is 12.6. The second-order valence-corrected chi connectivity index (χ2v) is 15.1. The molecule has 322 valence electrons. The van der Waals surface area contributed by atoms with Crippen molar-refractivity contribution in [2.45, 2.75) is 46.6 Å². The van der Waals surface area contributed by atoms with Crippen molar-refractivity contribution in [1.82, 2.24) is 0 Å².